The Hall–Kier alpha value is -2.93. The van der Waals surface area contributed by atoms with Crippen LogP contribution in [-0.4, -0.2) is 49.7 Å². The zero-order valence-electron chi connectivity index (χ0n) is 15.5. The van der Waals surface area contributed by atoms with Crippen LogP contribution in [0, 0.1) is 11.8 Å². The third kappa shape index (κ3) is 2.74. The van der Waals surface area contributed by atoms with E-state index in [2.05, 4.69) is 15.6 Å². The molecular weight excluding hydrogens is 358 g/mol. The second kappa shape index (κ2) is 6.60. The topological polar surface area (TPSA) is 89.6 Å². The summed E-state index contributed by atoms with van der Waals surface area (Å²) >= 11 is 0. The fraction of sp³-hybridized carbons (Fsp3) is 0.381. The number of pyridine rings is 1. The van der Waals surface area contributed by atoms with E-state index in [9.17, 15) is 9.59 Å². The Morgan fingerprint density at radius 2 is 1.93 bits per heavy atom. The predicted molar refractivity (Wildman–Crippen MR) is 100 cm³/mol. The van der Waals surface area contributed by atoms with Gasteiger partial charge in [-0.2, -0.15) is 0 Å². The molecule has 28 heavy (non-hydrogen) atoms. The molecule has 7 heteroatoms. The third-order valence-electron chi connectivity index (χ3n) is 5.92. The fourth-order valence-corrected chi connectivity index (χ4v) is 4.28. The Labute approximate surface area is 162 Å². The van der Waals surface area contributed by atoms with Crippen LogP contribution in [0.3, 0.4) is 0 Å². The van der Waals surface area contributed by atoms with E-state index >= 15 is 0 Å². The largest absolute Gasteiger partial charge is 0.491 e. The van der Waals surface area contributed by atoms with Gasteiger partial charge in [0.25, 0.3) is 11.8 Å². The van der Waals surface area contributed by atoms with Gasteiger partial charge in [0.2, 0.25) is 0 Å². The number of amides is 2. The molecule has 2 aliphatic heterocycles. The zero-order chi connectivity index (χ0) is 19.3. The lowest BCUT2D eigenvalue weighted by Gasteiger charge is -2.13. The highest BCUT2D eigenvalue weighted by molar-refractivity contribution is 6.02. The van der Waals surface area contributed by atoms with Crippen LogP contribution in [0.1, 0.15) is 37.9 Å². The number of benzene rings is 1. The molecule has 4 atom stereocenters. The van der Waals surface area contributed by atoms with Crippen LogP contribution in [0.25, 0.3) is 0 Å². The second-order valence-electron chi connectivity index (χ2n) is 7.50. The Morgan fingerprint density at radius 1 is 1.11 bits per heavy atom. The van der Waals surface area contributed by atoms with Crippen molar-refractivity contribution in [2.24, 2.45) is 11.8 Å². The molecule has 2 aromatic rings. The van der Waals surface area contributed by atoms with E-state index in [-0.39, 0.29) is 23.8 Å². The Morgan fingerprint density at radius 3 is 2.64 bits per heavy atom. The summed E-state index contributed by atoms with van der Waals surface area (Å²) in [5.41, 5.74) is 2.53. The van der Waals surface area contributed by atoms with Gasteiger partial charge in [-0.05, 0) is 24.3 Å². The quantitative estimate of drug-likeness (QED) is 0.837. The van der Waals surface area contributed by atoms with E-state index in [4.69, 9.17) is 9.47 Å². The molecule has 3 aliphatic rings. The van der Waals surface area contributed by atoms with Crippen molar-refractivity contribution in [2.45, 2.75) is 12.0 Å². The molecule has 7 nitrogen and oxygen atoms in total. The molecule has 1 saturated carbocycles. The number of nitrogens with one attached hydrogen (secondary N) is 2. The number of carbonyl (C=O) groups excluding carboxylic acids is 2. The maximum atomic E-state index is 12.9. The summed E-state index contributed by atoms with van der Waals surface area (Å²) < 4.78 is 11.2. The molecule has 1 aromatic heterocycles. The van der Waals surface area contributed by atoms with Crippen molar-refractivity contribution >= 4 is 11.8 Å². The molecule has 1 aliphatic carbocycles. The van der Waals surface area contributed by atoms with Crippen molar-refractivity contribution in [2.75, 3.05) is 26.9 Å². The summed E-state index contributed by atoms with van der Waals surface area (Å²) in [7, 11) is 1.57. The molecule has 0 bridgehead atoms. The van der Waals surface area contributed by atoms with Crippen LogP contribution in [0.5, 0.6) is 5.75 Å². The molecule has 2 fully saturated rings. The minimum absolute atomic E-state index is 0.110. The SMILES string of the molecule is CNC(=O)c1cc(C(=O)NC2[C@H]3COC[C@@H]23)cc2c1OCC2c1ccccn1. The lowest BCUT2D eigenvalue weighted by atomic mass is 9.93. The van der Waals surface area contributed by atoms with Gasteiger partial charge in [-0.3, -0.25) is 14.6 Å². The number of ether oxygens (including phenoxy) is 2. The Kier molecular flexibility index (Phi) is 4.05. The van der Waals surface area contributed by atoms with Crippen LogP contribution < -0.4 is 15.4 Å². The number of hydrogen-bond donors (Lipinski definition) is 2. The number of fused-ring (bicyclic) bond motifs is 2. The highest BCUT2D eigenvalue weighted by atomic mass is 16.5. The first kappa shape index (κ1) is 17.2. The van der Waals surface area contributed by atoms with Gasteiger partial charge >= 0.3 is 0 Å². The van der Waals surface area contributed by atoms with Gasteiger partial charge < -0.3 is 20.1 Å². The van der Waals surface area contributed by atoms with E-state index in [1.54, 1.807) is 19.3 Å². The van der Waals surface area contributed by atoms with Gasteiger partial charge in [-0.15, -0.1) is 0 Å². The smallest absolute Gasteiger partial charge is 0.254 e. The van der Waals surface area contributed by atoms with Crippen LogP contribution in [0.4, 0.5) is 0 Å². The van der Waals surface area contributed by atoms with Gasteiger partial charge in [-0.25, -0.2) is 0 Å². The highest BCUT2D eigenvalue weighted by Crippen LogP contribution is 2.45. The molecule has 1 saturated heterocycles. The minimum Gasteiger partial charge on any atom is -0.491 e. The maximum Gasteiger partial charge on any atom is 0.254 e. The van der Waals surface area contributed by atoms with E-state index in [1.165, 1.54) is 0 Å². The molecule has 144 valence electrons. The number of nitrogens with zero attached hydrogens (tertiary/aromatic N) is 1. The molecule has 5 rings (SSSR count). The van der Waals surface area contributed by atoms with E-state index in [1.807, 2.05) is 24.3 Å². The van der Waals surface area contributed by atoms with Crippen molar-refractivity contribution in [3.8, 4) is 5.75 Å². The molecule has 2 unspecified atom stereocenters. The van der Waals surface area contributed by atoms with E-state index in [0.717, 1.165) is 11.3 Å². The first-order valence-electron chi connectivity index (χ1n) is 9.49. The zero-order valence-corrected chi connectivity index (χ0v) is 15.5. The monoisotopic (exact) mass is 379 g/mol. The van der Waals surface area contributed by atoms with Gasteiger partial charge in [0.1, 0.15) is 12.4 Å². The van der Waals surface area contributed by atoms with Crippen molar-refractivity contribution < 1.29 is 19.1 Å². The Bertz CT molecular complexity index is 936. The van der Waals surface area contributed by atoms with Crippen molar-refractivity contribution in [3.05, 3.63) is 58.9 Å². The molecule has 3 heterocycles. The minimum atomic E-state index is -0.274. The Balaban J connectivity index is 1.50. The highest BCUT2D eigenvalue weighted by Gasteiger charge is 2.54. The standard InChI is InChI=1S/C21H21N3O4/c1-22-21(26)13-7-11(20(25)24-18-15-8-27-9-16(15)18)6-12-14(10-28-19(12)13)17-4-2-3-5-23-17/h2-7,14-16,18H,8-10H2,1H3,(H,22,26)(H,24,25)/t14?,15-,16+,18?. The fourth-order valence-electron chi connectivity index (χ4n) is 4.28. The van der Waals surface area contributed by atoms with Crippen molar-refractivity contribution in [3.63, 3.8) is 0 Å². The maximum absolute atomic E-state index is 12.9. The van der Waals surface area contributed by atoms with Gasteiger partial charge in [0, 0.05) is 42.2 Å². The number of carbonyl (C=O) groups is 2. The molecule has 1 aromatic carbocycles. The summed E-state index contributed by atoms with van der Waals surface area (Å²) in [6, 6.07) is 9.32. The molecule has 0 radical (unpaired) electrons. The van der Waals surface area contributed by atoms with Crippen molar-refractivity contribution in [1.29, 1.82) is 0 Å². The first-order valence-corrected chi connectivity index (χ1v) is 9.49. The summed E-state index contributed by atoms with van der Waals surface area (Å²) in [5.74, 6) is 0.815. The second-order valence-corrected chi connectivity index (χ2v) is 7.50. The number of hydrogen-bond acceptors (Lipinski definition) is 5. The molecule has 2 amide bonds. The lowest BCUT2D eigenvalue weighted by molar-refractivity contribution is 0.0929. The summed E-state index contributed by atoms with van der Waals surface area (Å²) in [4.78, 5) is 29.8. The van der Waals surface area contributed by atoms with Crippen LogP contribution in [-0.2, 0) is 4.74 Å². The first-order chi connectivity index (χ1) is 13.7. The number of aromatic nitrogens is 1. The van der Waals surface area contributed by atoms with Crippen LogP contribution in [0.2, 0.25) is 0 Å². The van der Waals surface area contributed by atoms with Gasteiger partial charge in [0.05, 0.1) is 30.4 Å². The van der Waals surface area contributed by atoms with E-state index < -0.39 is 0 Å². The molecule has 2 N–H and O–H groups in total. The van der Waals surface area contributed by atoms with Crippen LogP contribution in [0.15, 0.2) is 36.5 Å². The number of rotatable bonds is 4. The molecule has 0 spiro atoms. The van der Waals surface area contributed by atoms with Crippen LogP contribution >= 0.6 is 0 Å². The average Bonchev–Trinajstić information content (AvgIpc) is 3.10. The lowest BCUT2D eigenvalue weighted by Crippen LogP contribution is -2.30. The van der Waals surface area contributed by atoms with E-state index in [0.29, 0.717) is 48.5 Å². The summed E-state index contributed by atoms with van der Waals surface area (Å²) in [5, 5.41) is 5.73. The third-order valence-corrected chi connectivity index (χ3v) is 5.92. The average molecular weight is 379 g/mol. The summed E-state index contributed by atoms with van der Waals surface area (Å²) in [6.45, 7) is 1.81. The van der Waals surface area contributed by atoms with Crippen molar-refractivity contribution in [1.82, 2.24) is 15.6 Å². The molecular formula is C21H21N3O4. The predicted octanol–water partition coefficient (Wildman–Crippen LogP) is 1.34. The van der Waals surface area contributed by atoms with Gasteiger partial charge in [0.15, 0.2) is 0 Å². The van der Waals surface area contributed by atoms with Gasteiger partial charge in [-0.1, -0.05) is 6.07 Å². The summed E-state index contributed by atoms with van der Waals surface area (Å²) in [6.07, 6.45) is 1.73. The normalized spacial score (nSPS) is 26.8.